The summed E-state index contributed by atoms with van der Waals surface area (Å²) >= 11 is 0. The van der Waals surface area contributed by atoms with Crippen LogP contribution in [0.4, 0.5) is 0 Å². The maximum Gasteiger partial charge on any atom is 0.121 e. The lowest BCUT2D eigenvalue weighted by molar-refractivity contribution is 0.875. The normalized spacial score (nSPS) is 14.3. The summed E-state index contributed by atoms with van der Waals surface area (Å²) in [6, 6.07) is 5.89. The Hall–Kier alpha value is -1.64. The van der Waals surface area contributed by atoms with Crippen LogP contribution in [0.15, 0.2) is 41.5 Å². The van der Waals surface area contributed by atoms with Crippen LogP contribution in [0.5, 0.6) is 0 Å². The van der Waals surface area contributed by atoms with Gasteiger partial charge in [0, 0.05) is 6.20 Å². The first-order chi connectivity index (χ1) is 6.45. The van der Waals surface area contributed by atoms with Crippen molar-refractivity contribution in [3.63, 3.8) is 0 Å². The van der Waals surface area contributed by atoms with Crippen molar-refractivity contribution in [2.45, 2.75) is 6.54 Å². The Morgan fingerprint density at radius 2 is 2.38 bits per heavy atom. The lowest BCUT2D eigenvalue weighted by Gasteiger charge is -2.02. The van der Waals surface area contributed by atoms with Gasteiger partial charge in [-0.3, -0.25) is 9.98 Å². The number of aromatic nitrogens is 1. The summed E-state index contributed by atoms with van der Waals surface area (Å²) in [5, 5.41) is 3.20. The van der Waals surface area contributed by atoms with Crippen LogP contribution in [0.3, 0.4) is 0 Å². The molecule has 0 saturated heterocycles. The highest BCUT2D eigenvalue weighted by Crippen LogP contribution is 1.95. The van der Waals surface area contributed by atoms with Crippen LogP contribution in [0.25, 0.3) is 0 Å². The fourth-order valence-corrected chi connectivity index (χ4v) is 1.17. The van der Waals surface area contributed by atoms with E-state index in [1.54, 1.807) is 6.20 Å². The Kier molecular flexibility index (Phi) is 2.36. The van der Waals surface area contributed by atoms with Gasteiger partial charge in [0.25, 0.3) is 0 Å². The van der Waals surface area contributed by atoms with E-state index in [4.69, 9.17) is 0 Å². The fraction of sp³-hybridized carbons (Fsp3) is 0.200. The van der Waals surface area contributed by atoms with Crippen molar-refractivity contribution in [2.75, 3.05) is 6.54 Å². The molecule has 0 aromatic carbocycles. The third-order valence-corrected chi connectivity index (χ3v) is 1.82. The number of nitrogens with one attached hydrogen (secondary N) is 1. The zero-order valence-electron chi connectivity index (χ0n) is 7.27. The zero-order valence-corrected chi connectivity index (χ0v) is 7.27. The molecule has 1 aliphatic heterocycles. The summed E-state index contributed by atoms with van der Waals surface area (Å²) in [6.45, 7) is 1.54. The van der Waals surface area contributed by atoms with Gasteiger partial charge in [-0.15, -0.1) is 0 Å². The van der Waals surface area contributed by atoms with E-state index in [1.165, 1.54) is 0 Å². The minimum Gasteiger partial charge on any atom is -0.365 e. The average Bonchev–Trinajstić information content (AvgIpc) is 2.69. The Morgan fingerprint density at radius 1 is 1.38 bits per heavy atom. The maximum atomic E-state index is 4.22. The average molecular weight is 173 g/mol. The molecule has 2 heterocycles. The van der Waals surface area contributed by atoms with Gasteiger partial charge in [-0.1, -0.05) is 12.1 Å². The van der Waals surface area contributed by atoms with Crippen LogP contribution < -0.4 is 5.32 Å². The van der Waals surface area contributed by atoms with E-state index in [0.29, 0.717) is 0 Å². The Balaban J connectivity index is 1.90. The molecule has 3 nitrogen and oxygen atoms in total. The van der Waals surface area contributed by atoms with Gasteiger partial charge in [0.15, 0.2) is 0 Å². The van der Waals surface area contributed by atoms with Gasteiger partial charge in [-0.2, -0.15) is 0 Å². The first kappa shape index (κ1) is 7.98. The molecule has 0 fully saturated rings. The van der Waals surface area contributed by atoms with Gasteiger partial charge in [0.1, 0.15) is 5.84 Å². The van der Waals surface area contributed by atoms with E-state index in [0.717, 1.165) is 24.6 Å². The minimum absolute atomic E-state index is 0.740. The highest BCUT2D eigenvalue weighted by molar-refractivity contribution is 5.94. The van der Waals surface area contributed by atoms with Crippen molar-refractivity contribution in [3.05, 3.63) is 42.2 Å². The summed E-state index contributed by atoms with van der Waals surface area (Å²) in [6.07, 6.45) is 5.81. The predicted molar refractivity (Wildman–Crippen MR) is 52.5 cm³/mol. The van der Waals surface area contributed by atoms with Gasteiger partial charge in [0.2, 0.25) is 0 Å². The Morgan fingerprint density at radius 3 is 3.08 bits per heavy atom. The summed E-state index contributed by atoms with van der Waals surface area (Å²) in [5.41, 5.74) is 1.03. The maximum absolute atomic E-state index is 4.22. The molecule has 0 unspecified atom stereocenters. The highest BCUT2D eigenvalue weighted by Gasteiger charge is 1.98. The zero-order chi connectivity index (χ0) is 8.93. The molecule has 2 rings (SSSR count). The lowest BCUT2D eigenvalue weighted by Crippen LogP contribution is -2.20. The van der Waals surface area contributed by atoms with Crippen LogP contribution in [0.2, 0.25) is 0 Å². The summed E-state index contributed by atoms with van der Waals surface area (Å²) in [5.74, 6) is 0.950. The van der Waals surface area contributed by atoms with Crippen molar-refractivity contribution < 1.29 is 0 Å². The first-order valence-corrected chi connectivity index (χ1v) is 4.30. The number of pyridine rings is 1. The van der Waals surface area contributed by atoms with Gasteiger partial charge < -0.3 is 5.32 Å². The topological polar surface area (TPSA) is 37.3 Å². The van der Waals surface area contributed by atoms with Gasteiger partial charge in [0.05, 0.1) is 18.8 Å². The second-order valence-corrected chi connectivity index (χ2v) is 2.80. The molecule has 0 radical (unpaired) electrons. The van der Waals surface area contributed by atoms with Crippen LogP contribution in [-0.4, -0.2) is 17.4 Å². The molecule has 0 spiro atoms. The van der Waals surface area contributed by atoms with E-state index >= 15 is 0 Å². The number of hydrogen-bond acceptors (Lipinski definition) is 3. The highest BCUT2D eigenvalue weighted by atomic mass is 15.0. The molecule has 1 N–H and O–H groups in total. The van der Waals surface area contributed by atoms with Crippen molar-refractivity contribution in [1.29, 1.82) is 0 Å². The molecule has 0 aliphatic carbocycles. The molecule has 0 atom stereocenters. The predicted octanol–water partition coefficient (Wildman–Crippen LogP) is 1.14. The Bertz CT molecular complexity index is 327. The number of aliphatic imine (C=N–C) groups is 1. The third kappa shape index (κ3) is 2.15. The van der Waals surface area contributed by atoms with Crippen LogP contribution in [0, 0.1) is 0 Å². The lowest BCUT2D eigenvalue weighted by atomic mass is 10.3. The van der Waals surface area contributed by atoms with Gasteiger partial charge in [-0.25, -0.2) is 0 Å². The molecule has 0 amide bonds. The fourth-order valence-electron chi connectivity index (χ4n) is 1.17. The molecule has 0 saturated carbocycles. The number of nitrogens with zero attached hydrogens (tertiary/aromatic N) is 2. The molecule has 13 heavy (non-hydrogen) atoms. The standard InChI is InChI=1S/C10H11N3/c1-2-6-11-9(4-1)8-13-10-5-3-7-12-10/h1-6H,7-8H2,(H,12,13). The van der Waals surface area contributed by atoms with Crippen molar-refractivity contribution >= 4 is 5.84 Å². The van der Waals surface area contributed by atoms with E-state index in [-0.39, 0.29) is 0 Å². The van der Waals surface area contributed by atoms with Crippen LogP contribution in [-0.2, 0) is 6.54 Å². The quantitative estimate of drug-likeness (QED) is 0.728. The molecule has 1 aromatic heterocycles. The van der Waals surface area contributed by atoms with E-state index in [2.05, 4.69) is 15.3 Å². The second kappa shape index (κ2) is 3.85. The monoisotopic (exact) mass is 173 g/mol. The molecular weight excluding hydrogens is 162 g/mol. The van der Waals surface area contributed by atoms with Crippen molar-refractivity contribution in [3.8, 4) is 0 Å². The van der Waals surface area contributed by atoms with Crippen LogP contribution >= 0.6 is 0 Å². The van der Waals surface area contributed by atoms with E-state index in [1.807, 2.05) is 30.4 Å². The largest absolute Gasteiger partial charge is 0.365 e. The molecule has 3 heteroatoms. The molecule has 1 aromatic rings. The minimum atomic E-state index is 0.740. The van der Waals surface area contributed by atoms with E-state index in [9.17, 15) is 0 Å². The van der Waals surface area contributed by atoms with Gasteiger partial charge in [-0.05, 0) is 18.2 Å². The third-order valence-electron chi connectivity index (χ3n) is 1.82. The number of hydrogen-bond donors (Lipinski definition) is 1. The molecule has 66 valence electrons. The van der Waals surface area contributed by atoms with E-state index < -0.39 is 0 Å². The molecule has 0 bridgehead atoms. The van der Waals surface area contributed by atoms with Crippen molar-refractivity contribution in [2.24, 2.45) is 4.99 Å². The number of amidine groups is 1. The molecular formula is C10H11N3. The SMILES string of the molecule is C1=CC(NCc2ccccn2)=NC1. The Labute approximate surface area is 77.2 Å². The van der Waals surface area contributed by atoms with Crippen LogP contribution in [0.1, 0.15) is 5.69 Å². The first-order valence-electron chi connectivity index (χ1n) is 4.30. The summed E-state index contributed by atoms with van der Waals surface area (Å²) in [7, 11) is 0. The van der Waals surface area contributed by atoms with Crippen molar-refractivity contribution in [1.82, 2.24) is 10.3 Å². The summed E-state index contributed by atoms with van der Waals surface area (Å²) < 4.78 is 0. The second-order valence-electron chi connectivity index (χ2n) is 2.80. The smallest absolute Gasteiger partial charge is 0.121 e. The van der Waals surface area contributed by atoms with Gasteiger partial charge >= 0.3 is 0 Å². The molecule has 1 aliphatic rings. The number of rotatable bonds is 2. The summed E-state index contributed by atoms with van der Waals surface area (Å²) in [4.78, 5) is 8.42.